The molecule has 0 bridgehead atoms. The van der Waals surface area contributed by atoms with Gasteiger partial charge in [-0.3, -0.25) is 4.79 Å². The van der Waals surface area contributed by atoms with Gasteiger partial charge in [0, 0.05) is 11.4 Å². The molecular formula is C15H17ClO2. The number of carboxylic acid groups (broad SMARTS) is 1. The Kier molecular flexibility index (Phi) is 2.86. The number of carbonyl (C=O) groups is 1. The third-order valence-electron chi connectivity index (χ3n) is 4.82. The van der Waals surface area contributed by atoms with E-state index in [1.54, 1.807) is 0 Å². The van der Waals surface area contributed by atoms with Crippen molar-refractivity contribution < 1.29 is 9.90 Å². The predicted molar refractivity (Wildman–Crippen MR) is 71.0 cm³/mol. The maximum Gasteiger partial charge on any atom is 0.303 e. The maximum absolute atomic E-state index is 11.0. The van der Waals surface area contributed by atoms with E-state index in [-0.39, 0.29) is 11.3 Å². The maximum atomic E-state index is 11.0. The van der Waals surface area contributed by atoms with Gasteiger partial charge in [0.05, 0.1) is 0 Å². The van der Waals surface area contributed by atoms with Crippen molar-refractivity contribution in [2.24, 2.45) is 5.92 Å². The lowest BCUT2D eigenvalue weighted by Gasteiger charge is -2.51. The van der Waals surface area contributed by atoms with E-state index in [1.165, 1.54) is 17.5 Å². The molecule has 0 amide bonds. The molecule has 3 rings (SSSR count). The van der Waals surface area contributed by atoms with Crippen molar-refractivity contribution in [3.05, 3.63) is 34.3 Å². The van der Waals surface area contributed by atoms with Crippen molar-refractivity contribution >= 4 is 17.6 Å². The number of rotatable bonds is 2. The van der Waals surface area contributed by atoms with Gasteiger partial charge in [0.2, 0.25) is 0 Å². The second-order valence-electron chi connectivity index (χ2n) is 5.64. The first-order valence-electron chi connectivity index (χ1n) is 6.62. The van der Waals surface area contributed by atoms with Gasteiger partial charge < -0.3 is 5.11 Å². The fraction of sp³-hybridized carbons (Fsp3) is 0.533. The Morgan fingerprint density at radius 2 is 2.22 bits per heavy atom. The van der Waals surface area contributed by atoms with E-state index in [0.29, 0.717) is 6.42 Å². The molecule has 2 nitrogen and oxygen atoms in total. The highest BCUT2D eigenvalue weighted by Gasteiger charge is 2.48. The first-order chi connectivity index (χ1) is 8.62. The number of fused-ring (bicyclic) bond motifs is 2. The van der Waals surface area contributed by atoms with Crippen LogP contribution in [-0.2, 0) is 16.6 Å². The first kappa shape index (κ1) is 12.0. The van der Waals surface area contributed by atoms with Crippen LogP contribution < -0.4 is 0 Å². The largest absolute Gasteiger partial charge is 0.481 e. The van der Waals surface area contributed by atoms with Crippen molar-refractivity contribution in [2.45, 2.75) is 43.9 Å². The molecule has 18 heavy (non-hydrogen) atoms. The summed E-state index contributed by atoms with van der Waals surface area (Å²) in [7, 11) is 0. The van der Waals surface area contributed by atoms with E-state index in [0.717, 1.165) is 30.7 Å². The zero-order valence-corrected chi connectivity index (χ0v) is 11.0. The fourth-order valence-corrected chi connectivity index (χ4v) is 3.97. The molecule has 0 radical (unpaired) electrons. The van der Waals surface area contributed by atoms with Gasteiger partial charge in [-0.15, -0.1) is 0 Å². The van der Waals surface area contributed by atoms with E-state index in [4.69, 9.17) is 16.7 Å². The summed E-state index contributed by atoms with van der Waals surface area (Å²) in [4.78, 5) is 11.0. The highest BCUT2D eigenvalue weighted by atomic mass is 35.5. The van der Waals surface area contributed by atoms with Gasteiger partial charge >= 0.3 is 5.97 Å². The molecular weight excluding hydrogens is 248 g/mol. The number of aryl methyl sites for hydroxylation is 1. The van der Waals surface area contributed by atoms with Gasteiger partial charge in [-0.2, -0.15) is 0 Å². The molecule has 1 atom stereocenters. The molecule has 1 fully saturated rings. The molecule has 2 aliphatic rings. The standard InChI is InChI=1S/C15H17ClO2/c16-12-5-3-10-2-4-11(8-14(17)18)15(6-1-7-15)13(10)9-12/h3,5,9,11H,1-2,4,6-8H2,(H,17,18). The van der Waals surface area contributed by atoms with Crippen LogP contribution in [0, 0.1) is 5.92 Å². The quantitative estimate of drug-likeness (QED) is 0.882. The number of carboxylic acids is 1. The topological polar surface area (TPSA) is 37.3 Å². The van der Waals surface area contributed by atoms with Crippen molar-refractivity contribution in [3.8, 4) is 0 Å². The molecule has 3 heteroatoms. The smallest absolute Gasteiger partial charge is 0.303 e. The van der Waals surface area contributed by atoms with E-state index in [2.05, 4.69) is 12.1 Å². The molecule has 1 N–H and O–H groups in total. The van der Waals surface area contributed by atoms with Crippen LogP contribution in [0.25, 0.3) is 0 Å². The molecule has 0 saturated heterocycles. The lowest BCUT2D eigenvalue weighted by Crippen LogP contribution is -2.46. The minimum Gasteiger partial charge on any atom is -0.481 e. The SMILES string of the molecule is O=C(O)CC1CCc2ccc(Cl)cc2C12CCC2. The summed E-state index contributed by atoms with van der Waals surface area (Å²) in [6.45, 7) is 0. The van der Waals surface area contributed by atoms with E-state index in [9.17, 15) is 4.79 Å². The van der Waals surface area contributed by atoms with Crippen LogP contribution in [0.1, 0.15) is 43.2 Å². The minimum absolute atomic E-state index is 0.108. The van der Waals surface area contributed by atoms with Crippen LogP contribution in [0.2, 0.25) is 5.02 Å². The van der Waals surface area contributed by atoms with Gasteiger partial charge in [-0.25, -0.2) is 0 Å². The van der Waals surface area contributed by atoms with Crippen molar-refractivity contribution in [1.29, 1.82) is 0 Å². The number of hydrogen-bond donors (Lipinski definition) is 1. The summed E-state index contributed by atoms with van der Waals surface area (Å²) in [5, 5.41) is 9.87. The zero-order valence-electron chi connectivity index (χ0n) is 10.3. The Hall–Kier alpha value is -1.02. The van der Waals surface area contributed by atoms with Gasteiger partial charge in [0.1, 0.15) is 0 Å². The number of hydrogen-bond acceptors (Lipinski definition) is 1. The second kappa shape index (κ2) is 4.27. The van der Waals surface area contributed by atoms with Crippen LogP contribution in [0.4, 0.5) is 0 Å². The van der Waals surface area contributed by atoms with Gasteiger partial charge in [-0.1, -0.05) is 24.1 Å². The normalized spacial score (nSPS) is 24.4. The van der Waals surface area contributed by atoms with E-state index >= 15 is 0 Å². The monoisotopic (exact) mass is 264 g/mol. The Balaban J connectivity index is 2.02. The van der Waals surface area contributed by atoms with Gasteiger partial charge in [-0.05, 0) is 60.3 Å². The molecule has 2 aliphatic carbocycles. The van der Waals surface area contributed by atoms with Crippen LogP contribution in [0.5, 0.6) is 0 Å². The highest BCUT2D eigenvalue weighted by Crippen LogP contribution is 2.55. The third-order valence-corrected chi connectivity index (χ3v) is 5.05. The molecule has 1 unspecified atom stereocenters. The summed E-state index contributed by atoms with van der Waals surface area (Å²) < 4.78 is 0. The van der Waals surface area contributed by atoms with Crippen LogP contribution in [0.3, 0.4) is 0 Å². The van der Waals surface area contributed by atoms with Crippen molar-refractivity contribution in [1.82, 2.24) is 0 Å². The van der Waals surface area contributed by atoms with Crippen LogP contribution >= 0.6 is 11.6 Å². The number of benzene rings is 1. The summed E-state index contributed by atoms with van der Waals surface area (Å²) in [6, 6.07) is 6.14. The van der Waals surface area contributed by atoms with Crippen molar-refractivity contribution in [3.63, 3.8) is 0 Å². The molecule has 0 aromatic heterocycles. The number of halogens is 1. The summed E-state index contributed by atoms with van der Waals surface area (Å²) in [5.41, 5.74) is 2.82. The predicted octanol–water partition coefficient (Wildman–Crippen LogP) is 3.80. The Morgan fingerprint density at radius 1 is 1.44 bits per heavy atom. The third kappa shape index (κ3) is 1.74. The molecule has 1 aromatic carbocycles. The Bertz CT molecular complexity index is 491. The molecule has 1 aromatic rings. The first-order valence-corrected chi connectivity index (χ1v) is 7.00. The summed E-state index contributed by atoms with van der Waals surface area (Å²) in [5.74, 6) is -0.383. The Labute approximate surface area is 112 Å². The van der Waals surface area contributed by atoms with Crippen molar-refractivity contribution in [2.75, 3.05) is 0 Å². The highest BCUT2D eigenvalue weighted by molar-refractivity contribution is 6.30. The molecule has 1 spiro atoms. The van der Waals surface area contributed by atoms with E-state index < -0.39 is 5.97 Å². The Morgan fingerprint density at radius 3 is 2.83 bits per heavy atom. The van der Waals surface area contributed by atoms with Gasteiger partial charge in [0.25, 0.3) is 0 Å². The average molecular weight is 265 g/mol. The lowest BCUT2D eigenvalue weighted by molar-refractivity contribution is -0.139. The lowest BCUT2D eigenvalue weighted by atomic mass is 9.52. The zero-order chi connectivity index (χ0) is 12.8. The summed E-state index contributed by atoms with van der Waals surface area (Å²) in [6.07, 6.45) is 5.75. The number of aliphatic carboxylic acids is 1. The van der Waals surface area contributed by atoms with Gasteiger partial charge in [0.15, 0.2) is 0 Å². The van der Waals surface area contributed by atoms with E-state index in [1.807, 2.05) is 6.07 Å². The molecule has 96 valence electrons. The average Bonchev–Trinajstić information content (AvgIpc) is 2.25. The molecule has 1 saturated carbocycles. The minimum atomic E-state index is -0.670. The molecule has 0 heterocycles. The summed E-state index contributed by atoms with van der Waals surface area (Å²) >= 11 is 6.12. The molecule has 0 aliphatic heterocycles. The fourth-order valence-electron chi connectivity index (χ4n) is 3.80. The van der Waals surface area contributed by atoms with Crippen LogP contribution in [0.15, 0.2) is 18.2 Å². The van der Waals surface area contributed by atoms with Crippen LogP contribution in [-0.4, -0.2) is 11.1 Å². The second-order valence-corrected chi connectivity index (χ2v) is 6.08.